The summed E-state index contributed by atoms with van der Waals surface area (Å²) in [5.74, 6) is 0.891. The second-order valence-corrected chi connectivity index (χ2v) is 6.72. The van der Waals surface area contributed by atoms with E-state index in [1.54, 1.807) is 25.3 Å². The summed E-state index contributed by atoms with van der Waals surface area (Å²) in [6, 6.07) is 13.3. The molecule has 0 bridgehead atoms. The summed E-state index contributed by atoms with van der Waals surface area (Å²) < 4.78 is 20.3. The number of carbonyl (C=O) groups excluding carboxylic acids is 1. The normalized spacial score (nSPS) is 10.5. The zero-order valence-corrected chi connectivity index (χ0v) is 16.1. The van der Waals surface area contributed by atoms with E-state index in [1.165, 1.54) is 23.9 Å². The SMILES string of the molecule is C=CCn1c(SCC(=O)Nc2cccc(F)c2)nnc1-c1ccc(OC)cc1. The zero-order chi connectivity index (χ0) is 19.9. The maximum absolute atomic E-state index is 13.2. The van der Waals surface area contributed by atoms with Crippen molar-refractivity contribution >= 4 is 23.4 Å². The van der Waals surface area contributed by atoms with Gasteiger partial charge in [0.1, 0.15) is 11.6 Å². The molecule has 0 saturated carbocycles. The van der Waals surface area contributed by atoms with Crippen molar-refractivity contribution < 1.29 is 13.9 Å². The Balaban J connectivity index is 1.72. The van der Waals surface area contributed by atoms with Crippen molar-refractivity contribution in [2.45, 2.75) is 11.7 Å². The van der Waals surface area contributed by atoms with Crippen LogP contribution in [0, 0.1) is 5.82 Å². The number of methoxy groups -OCH3 is 1. The molecule has 0 atom stereocenters. The molecule has 2 aromatic carbocycles. The number of hydrogen-bond donors (Lipinski definition) is 1. The molecule has 1 heterocycles. The Labute approximate surface area is 166 Å². The molecule has 1 aromatic heterocycles. The van der Waals surface area contributed by atoms with Crippen LogP contribution in [0.5, 0.6) is 5.75 Å². The molecule has 0 saturated heterocycles. The van der Waals surface area contributed by atoms with Gasteiger partial charge < -0.3 is 10.1 Å². The zero-order valence-electron chi connectivity index (χ0n) is 15.3. The molecule has 28 heavy (non-hydrogen) atoms. The summed E-state index contributed by atoms with van der Waals surface area (Å²) in [6.07, 6.45) is 1.74. The molecule has 0 fully saturated rings. The molecule has 0 aliphatic carbocycles. The third kappa shape index (κ3) is 4.77. The fourth-order valence-electron chi connectivity index (χ4n) is 2.54. The van der Waals surface area contributed by atoms with Crippen molar-refractivity contribution in [3.8, 4) is 17.1 Å². The van der Waals surface area contributed by atoms with Gasteiger partial charge in [-0.25, -0.2) is 4.39 Å². The minimum atomic E-state index is -0.402. The van der Waals surface area contributed by atoms with E-state index < -0.39 is 5.82 Å². The van der Waals surface area contributed by atoms with E-state index in [0.29, 0.717) is 23.2 Å². The molecule has 144 valence electrons. The molecule has 0 aliphatic rings. The molecule has 3 aromatic rings. The van der Waals surface area contributed by atoms with Crippen LogP contribution in [0.25, 0.3) is 11.4 Å². The van der Waals surface area contributed by atoms with E-state index in [4.69, 9.17) is 4.74 Å². The van der Waals surface area contributed by atoms with Crippen LogP contribution in [0.15, 0.2) is 66.3 Å². The summed E-state index contributed by atoms with van der Waals surface area (Å²) >= 11 is 1.25. The number of amides is 1. The van der Waals surface area contributed by atoms with Gasteiger partial charge in [-0.2, -0.15) is 0 Å². The second-order valence-electron chi connectivity index (χ2n) is 5.78. The molecular weight excluding hydrogens is 379 g/mol. The number of anilines is 1. The molecule has 0 radical (unpaired) electrons. The van der Waals surface area contributed by atoms with Crippen LogP contribution >= 0.6 is 11.8 Å². The highest BCUT2D eigenvalue weighted by Gasteiger charge is 2.15. The van der Waals surface area contributed by atoms with Gasteiger partial charge in [-0.15, -0.1) is 16.8 Å². The molecule has 0 unspecified atom stereocenters. The van der Waals surface area contributed by atoms with Crippen LogP contribution in [0.2, 0.25) is 0 Å². The number of ether oxygens (including phenoxy) is 1. The van der Waals surface area contributed by atoms with Crippen LogP contribution in [0.3, 0.4) is 0 Å². The van der Waals surface area contributed by atoms with Gasteiger partial charge in [-0.05, 0) is 42.5 Å². The van der Waals surface area contributed by atoms with Crippen LogP contribution in [0.4, 0.5) is 10.1 Å². The van der Waals surface area contributed by atoms with E-state index in [2.05, 4.69) is 22.1 Å². The quantitative estimate of drug-likeness (QED) is 0.459. The van der Waals surface area contributed by atoms with Gasteiger partial charge in [0, 0.05) is 17.8 Å². The summed E-state index contributed by atoms with van der Waals surface area (Å²) in [5, 5.41) is 11.7. The fraction of sp³-hybridized carbons (Fsp3) is 0.150. The van der Waals surface area contributed by atoms with Gasteiger partial charge in [-0.3, -0.25) is 9.36 Å². The molecule has 3 rings (SSSR count). The number of thioether (sulfide) groups is 1. The van der Waals surface area contributed by atoms with Gasteiger partial charge in [-0.1, -0.05) is 23.9 Å². The molecule has 1 N–H and O–H groups in total. The van der Waals surface area contributed by atoms with Crippen LogP contribution < -0.4 is 10.1 Å². The predicted octanol–water partition coefficient (Wildman–Crippen LogP) is 4.01. The first kappa shape index (κ1) is 19.6. The lowest BCUT2D eigenvalue weighted by molar-refractivity contribution is -0.113. The third-order valence-corrected chi connectivity index (χ3v) is 4.78. The minimum absolute atomic E-state index is 0.119. The lowest BCUT2D eigenvalue weighted by atomic mass is 10.2. The van der Waals surface area contributed by atoms with Crippen molar-refractivity contribution in [1.29, 1.82) is 0 Å². The third-order valence-electron chi connectivity index (χ3n) is 3.82. The lowest BCUT2D eigenvalue weighted by Crippen LogP contribution is -2.14. The number of halogens is 1. The van der Waals surface area contributed by atoms with Gasteiger partial charge in [0.15, 0.2) is 11.0 Å². The highest BCUT2D eigenvalue weighted by Crippen LogP contribution is 2.26. The molecular formula is C20H19FN4O2S. The van der Waals surface area contributed by atoms with Gasteiger partial charge in [0.25, 0.3) is 0 Å². The number of rotatable bonds is 8. The highest BCUT2D eigenvalue weighted by atomic mass is 32.2. The summed E-state index contributed by atoms with van der Waals surface area (Å²) in [4.78, 5) is 12.2. The topological polar surface area (TPSA) is 69.0 Å². The second kappa shape index (κ2) is 9.18. The minimum Gasteiger partial charge on any atom is -0.497 e. The fourth-order valence-corrected chi connectivity index (χ4v) is 3.28. The number of nitrogens with zero attached hydrogens (tertiary/aromatic N) is 3. The highest BCUT2D eigenvalue weighted by molar-refractivity contribution is 7.99. The van der Waals surface area contributed by atoms with Crippen LogP contribution in [-0.4, -0.2) is 33.5 Å². The monoisotopic (exact) mass is 398 g/mol. The number of nitrogens with one attached hydrogen (secondary N) is 1. The molecule has 0 aliphatic heterocycles. The number of aromatic nitrogens is 3. The van der Waals surface area contributed by atoms with E-state index in [-0.39, 0.29) is 11.7 Å². The van der Waals surface area contributed by atoms with Crippen LogP contribution in [-0.2, 0) is 11.3 Å². The Morgan fingerprint density at radius 2 is 2.07 bits per heavy atom. The Morgan fingerprint density at radius 3 is 2.75 bits per heavy atom. The first-order chi connectivity index (χ1) is 13.6. The van der Waals surface area contributed by atoms with Gasteiger partial charge in [0.05, 0.1) is 12.9 Å². The van der Waals surface area contributed by atoms with Crippen molar-refractivity contribution in [1.82, 2.24) is 14.8 Å². The first-order valence-corrected chi connectivity index (χ1v) is 9.46. The Bertz CT molecular complexity index is 973. The van der Waals surface area contributed by atoms with Gasteiger partial charge >= 0.3 is 0 Å². The van der Waals surface area contributed by atoms with E-state index in [9.17, 15) is 9.18 Å². The van der Waals surface area contributed by atoms with E-state index in [1.807, 2.05) is 28.8 Å². The smallest absolute Gasteiger partial charge is 0.234 e. The average molecular weight is 398 g/mol. The average Bonchev–Trinajstić information content (AvgIpc) is 3.09. The first-order valence-electron chi connectivity index (χ1n) is 8.47. The predicted molar refractivity (Wildman–Crippen MR) is 108 cm³/mol. The van der Waals surface area contributed by atoms with Gasteiger partial charge in [0.2, 0.25) is 5.91 Å². The maximum atomic E-state index is 13.2. The number of benzene rings is 2. The summed E-state index contributed by atoms with van der Waals surface area (Å²) in [5.41, 5.74) is 1.29. The van der Waals surface area contributed by atoms with Crippen molar-refractivity contribution in [2.75, 3.05) is 18.2 Å². The van der Waals surface area contributed by atoms with Crippen molar-refractivity contribution in [2.24, 2.45) is 0 Å². The molecule has 8 heteroatoms. The lowest BCUT2D eigenvalue weighted by Gasteiger charge is -2.09. The standard InChI is InChI=1S/C20H19FN4O2S/c1-3-11-25-19(14-7-9-17(27-2)10-8-14)23-24-20(25)28-13-18(26)22-16-6-4-5-15(21)12-16/h3-10,12H,1,11,13H2,2H3,(H,22,26). The molecule has 6 nitrogen and oxygen atoms in total. The van der Waals surface area contributed by atoms with Crippen molar-refractivity contribution in [3.05, 3.63) is 67.0 Å². The summed E-state index contributed by atoms with van der Waals surface area (Å²) in [7, 11) is 1.61. The van der Waals surface area contributed by atoms with Crippen LogP contribution in [0.1, 0.15) is 0 Å². The number of carbonyl (C=O) groups is 1. The number of allylic oxidation sites excluding steroid dienone is 1. The Morgan fingerprint density at radius 1 is 1.29 bits per heavy atom. The van der Waals surface area contributed by atoms with E-state index in [0.717, 1.165) is 11.3 Å². The largest absolute Gasteiger partial charge is 0.497 e. The Hall–Kier alpha value is -3.13. The molecule has 1 amide bonds. The van der Waals surface area contributed by atoms with Crippen molar-refractivity contribution in [3.63, 3.8) is 0 Å². The molecule has 0 spiro atoms. The number of hydrogen-bond acceptors (Lipinski definition) is 5. The maximum Gasteiger partial charge on any atom is 0.234 e. The van der Waals surface area contributed by atoms with E-state index >= 15 is 0 Å². The summed E-state index contributed by atoms with van der Waals surface area (Å²) in [6.45, 7) is 4.28. The Kier molecular flexibility index (Phi) is 6.44.